The predicted molar refractivity (Wildman–Crippen MR) is 87.9 cm³/mol. The van der Waals surface area contributed by atoms with Crippen molar-refractivity contribution in [1.82, 2.24) is 4.90 Å². The highest BCUT2D eigenvalue weighted by atomic mass is 16.5. The predicted octanol–water partition coefficient (Wildman–Crippen LogP) is 2.15. The summed E-state index contributed by atoms with van der Waals surface area (Å²) in [6.07, 6.45) is 1.82. The first-order valence-electron chi connectivity index (χ1n) is 8.01. The Hall–Kier alpha value is -2.34. The minimum Gasteiger partial charge on any atom is -0.481 e. The molecule has 128 valence electrons. The Bertz CT molecular complexity index is 779. The molecule has 2 heterocycles. The van der Waals surface area contributed by atoms with Gasteiger partial charge in [0.05, 0.1) is 31.8 Å². The molecule has 1 aromatic heterocycles. The van der Waals surface area contributed by atoms with E-state index in [2.05, 4.69) is 6.07 Å². The van der Waals surface area contributed by atoms with Gasteiger partial charge >= 0.3 is 5.97 Å². The Morgan fingerprint density at radius 1 is 1.33 bits per heavy atom. The molecule has 1 saturated heterocycles. The topological polar surface area (TPSA) is 80.0 Å². The number of carbonyl (C=O) groups is 2. The maximum absolute atomic E-state index is 12.6. The highest BCUT2D eigenvalue weighted by Gasteiger charge is 2.27. The van der Waals surface area contributed by atoms with Gasteiger partial charge in [-0.3, -0.25) is 9.59 Å². The van der Waals surface area contributed by atoms with Crippen molar-refractivity contribution in [2.75, 3.05) is 26.3 Å². The van der Waals surface area contributed by atoms with Crippen molar-refractivity contribution >= 4 is 22.8 Å². The Balaban J connectivity index is 1.80. The van der Waals surface area contributed by atoms with E-state index in [1.54, 1.807) is 11.2 Å². The second kappa shape index (κ2) is 6.65. The summed E-state index contributed by atoms with van der Waals surface area (Å²) in [7, 11) is 0. The number of amides is 1. The average Bonchev–Trinajstić information content (AvgIpc) is 2.76. The van der Waals surface area contributed by atoms with Crippen LogP contribution < -0.4 is 0 Å². The molecule has 0 saturated carbocycles. The van der Waals surface area contributed by atoms with Crippen LogP contribution in [0.1, 0.15) is 16.7 Å². The number of ether oxygens (including phenoxy) is 1. The summed E-state index contributed by atoms with van der Waals surface area (Å²) in [4.78, 5) is 25.4. The molecular formula is C18H21NO5. The van der Waals surface area contributed by atoms with Crippen LogP contribution in [-0.2, 0) is 20.7 Å². The SMILES string of the molecule is Cc1cc(C)c2c(CC(=O)N3CCOCC(C(=O)O)C3)coc2c1. The summed E-state index contributed by atoms with van der Waals surface area (Å²) in [6.45, 7) is 5.10. The van der Waals surface area contributed by atoms with Gasteiger partial charge in [-0.1, -0.05) is 6.07 Å². The van der Waals surface area contributed by atoms with Crippen molar-refractivity contribution in [1.29, 1.82) is 0 Å². The van der Waals surface area contributed by atoms with E-state index in [1.807, 2.05) is 19.9 Å². The third-order valence-electron chi connectivity index (χ3n) is 4.40. The first-order valence-corrected chi connectivity index (χ1v) is 8.01. The molecule has 0 bridgehead atoms. The monoisotopic (exact) mass is 331 g/mol. The third kappa shape index (κ3) is 3.28. The molecule has 1 fully saturated rings. The van der Waals surface area contributed by atoms with Crippen molar-refractivity contribution < 1.29 is 23.8 Å². The minimum absolute atomic E-state index is 0.102. The number of hydrogen-bond acceptors (Lipinski definition) is 4. The van der Waals surface area contributed by atoms with E-state index < -0.39 is 11.9 Å². The van der Waals surface area contributed by atoms with Crippen LogP contribution in [0.2, 0.25) is 0 Å². The molecule has 24 heavy (non-hydrogen) atoms. The molecular weight excluding hydrogens is 310 g/mol. The van der Waals surface area contributed by atoms with Gasteiger partial charge in [-0.2, -0.15) is 0 Å². The minimum atomic E-state index is -0.935. The van der Waals surface area contributed by atoms with Crippen LogP contribution in [0.4, 0.5) is 0 Å². The van der Waals surface area contributed by atoms with E-state index in [9.17, 15) is 14.7 Å². The summed E-state index contributed by atoms with van der Waals surface area (Å²) in [5, 5.41) is 10.2. The maximum atomic E-state index is 12.6. The van der Waals surface area contributed by atoms with Gasteiger partial charge in [-0.15, -0.1) is 0 Å². The van der Waals surface area contributed by atoms with Crippen LogP contribution in [0.3, 0.4) is 0 Å². The first-order chi connectivity index (χ1) is 11.5. The van der Waals surface area contributed by atoms with Crippen molar-refractivity contribution in [2.45, 2.75) is 20.3 Å². The van der Waals surface area contributed by atoms with Crippen LogP contribution in [0.5, 0.6) is 0 Å². The highest BCUT2D eigenvalue weighted by molar-refractivity contribution is 5.90. The molecule has 1 atom stereocenters. The second-order valence-electron chi connectivity index (χ2n) is 6.34. The van der Waals surface area contributed by atoms with Gasteiger partial charge in [-0.05, 0) is 31.0 Å². The van der Waals surface area contributed by atoms with Crippen LogP contribution in [0.25, 0.3) is 11.0 Å². The second-order valence-corrected chi connectivity index (χ2v) is 6.34. The zero-order chi connectivity index (χ0) is 17.3. The lowest BCUT2D eigenvalue weighted by molar-refractivity contribution is -0.144. The molecule has 1 aliphatic rings. The van der Waals surface area contributed by atoms with Gasteiger partial charge in [-0.25, -0.2) is 0 Å². The molecule has 0 spiro atoms. The molecule has 1 aromatic carbocycles. The number of rotatable bonds is 3. The molecule has 0 radical (unpaired) electrons. The van der Waals surface area contributed by atoms with E-state index in [4.69, 9.17) is 9.15 Å². The van der Waals surface area contributed by atoms with Crippen molar-refractivity contribution in [2.24, 2.45) is 5.92 Å². The standard InChI is InChI=1S/C18H21NO5/c1-11-5-12(2)17-13(10-24-15(17)6-11)7-16(20)19-3-4-23-9-14(8-19)18(21)22/h5-6,10,14H,3-4,7-9H2,1-2H3,(H,21,22). The zero-order valence-electron chi connectivity index (χ0n) is 13.9. The van der Waals surface area contributed by atoms with E-state index in [1.165, 1.54) is 0 Å². The Morgan fingerprint density at radius 3 is 2.88 bits per heavy atom. The van der Waals surface area contributed by atoms with Crippen LogP contribution >= 0.6 is 0 Å². The number of carbonyl (C=O) groups excluding carboxylic acids is 1. The van der Waals surface area contributed by atoms with Crippen molar-refractivity contribution in [3.05, 3.63) is 35.1 Å². The first kappa shape index (κ1) is 16.5. The molecule has 1 N–H and O–H groups in total. The number of carboxylic acids is 1. The fourth-order valence-corrected chi connectivity index (χ4v) is 3.22. The van der Waals surface area contributed by atoms with Crippen LogP contribution in [0.15, 0.2) is 22.8 Å². The lowest BCUT2D eigenvalue weighted by atomic mass is 10.0. The van der Waals surface area contributed by atoms with Gasteiger partial charge in [0.25, 0.3) is 0 Å². The number of carboxylic acid groups (broad SMARTS) is 1. The van der Waals surface area contributed by atoms with Crippen molar-refractivity contribution in [3.63, 3.8) is 0 Å². The number of nitrogens with zero attached hydrogens (tertiary/aromatic N) is 1. The lowest BCUT2D eigenvalue weighted by Gasteiger charge is -2.21. The molecule has 2 aromatic rings. The Labute approximate surface area is 140 Å². The molecule has 1 unspecified atom stereocenters. The molecule has 6 heteroatoms. The molecule has 6 nitrogen and oxygen atoms in total. The van der Waals surface area contributed by atoms with E-state index in [0.29, 0.717) is 13.2 Å². The van der Waals surface area contributed by atoms with Gasteiger partial charge < -0.3 is 19.2 Å². The summed E-state index contributed by atoms with van der Waals surface area (Å²) in [5.41, 5.74) is 3.80. The lowest BCUT2D eigenvalue weighted by Crippen LogP contribution is -2.38. The summed E-state index contributed by atoms with van der Waals surface area (Å²) in [6, 6.07) is 4.02. The van der Waals surface area contributed by atoms with Crippen LogP contribution in [0, 0.1) is 19.8 Å². The molecule has 0 aliphatic carbocycles. The fourth-order valence-electron chi connectivity index (χ4n) is 3.22. The largest absolute Gasteiger partial charge is 0.481 e. The fraction of sp³-hybridized carbons (Fsp3) is 0.444. The Morgan fingerprint density at radius 2 is 2.12 bits per heavy atom. The zero-order valence-corrected chi connectivity index (χ0v) is 13.9. The number of fused-ring (bicyclic) bond motifs is 1. The molecule has 3 rings (SSSR count). The number of aryl methyl sites for hydroxylation is 2. The van der Waals surface area contributed by atoms with Crippen molar-refractivity contribution in [3.8, 4) is 0 Å². The molecule has 1 aliphatic heterocycles. The smallest absolute Gasteiger partial charge is 0.310 e. The van der Waals surface area contributed by atoms with Gasteiger partial charge in [0.15, 0.2) is 0 Å². The summed E-state index contributed by atoms with van der Waals surface area (Å²) in [5.74, 6) is -1.72. The van der Waals surface area contributed by atoms with Gasteiger partial charge in [0, 0.05) is 24.0 Å². The third-order valence-corrected chi connectivity index (χ3v) is 4.40. The van der Waals surface area contributed by atoms with E-state index in [-0.39, 0.29) is 25.5 Å². The normalized spacial score (nSPS) is 18.6. The van der Waals surface area contributed by atoms with E-state index >= 15 is 0 Å². The highest BCUT2D eigenvalue weighted by Crippen LogP contribution is 2.27. The quantitative estimate of drug-likeness (QED) is 0.932. The summed E-state index contributed by atoms with van der Waals surface area (Å²) >= 11 is 0. The number of hydrogen-bond donors (Lipinski definition) is 1. The summed E-state index contributed by atoms with van der Waals surface area (Å²) < 4.78 is 10.9. The number of benzene rings is 1. The van der Waals surface area contributed by atoms with Gasteiger partial charge in [0.1, 0.15) is 5.58 Å². The number of furan rings is 1. The Kier molecular flexibility index (Phi) is 4.57. The maximum Gasteiger partial charge on any atom is 0.310 e. The van der Waals surface area contributed by atoms with Crippen LogP contribution in [-0.4, -0.2) is 48.2 Å². The number of aliphatic carboxylic acids is 1. The van der Waals surface area contributed by atoms with Gasteiger partial charge in [0.2, 0.25) is 5.91 Å². The average molecular weight is 331 g/mol. The molecule has 1 amide bonds. The van der Waals surface area contributed by atoms with E-state index in [0.717, 1.165) is 27.7 Å².